The fourth-order valence-electron chi connectivity index (χ4n) is 3.74. The molecule has 1 fully saturated rings. The Labute approximate surface area is 138 Å². The minimum Gasteiger partial charge on any atom is -0.444 e. The lowest BCUT2D eigenvalue weighted by Crippen LogP contribution is -2.36. The average molecular weight is 342 g/mol. The number of carbonyl (C=O) groups is 1. The average Bonchev–Trinajstić information content (AvgIpc) is 2.96. The number of carbonyl (C=O) groups excluding carboxylic acids is 1. The highest BCUT2D eigenvalue weighted by atomic mass is 19.4. The monoisotopic (exact) mass is 342 g/mol. The van der Waals surface area contributed by atoms with Gasteiger partial charge < -0.3 is 15.4 Å². The molecular formula is C17H21F3N2O2. The summed E-state index contributed by atoms with van der Waals surface area (Å²) in [7, 11) is 0. The second-order valence-electron chi connectivity index (χ2n) is 7.49. The van der Waals surface area contributed by atoms with Crippen LogP contribution < -0.4 is 5.73 Å². The Bertz CT molecular complexity index is 667. The first kappa shape index (κ1) is 17.1. The number of ether oxygens (including phenoxy) is 1. The molecule has 1 aliphatic carbocycles. The maximum Gasteiger partial charge on any atom is 0.416 e. The van der Waals surface area contributed by atoms with E-state index in [1.54, 1.807) is 26.8 Å². The first-order valence-electron chi connectivity index (χ1n) is 7.92. The number of nitrogens with two attached hydrogens (primary N) is 1. The Hall–Kier alpha value is -1.76. The van der Waals surface area contributed by atoms with Gasteiger partial charge in [-0.05, 0) is 38.0 Å². The van der Waals surface area contributed by atoms with E-state index < -0.39 is 35.4 Å². The molecule has 0 radical (unpaired) electrons. The largest absolute Gasteiger partial charge is 0.444 e. The van der Waals surface area contributed by atoms with Crippen LogP contribution in [0.3, 0.4) is 0 Å². The Morgan fingerprint density at radius 1 is 1.25 bits per heavy atom. The van der Waals surface area contributed by atoms with Crippen LogP contribution in [0.15, 0.2) is 18.2 Å². The van der Waals surface area contributed by atoms with Crippen LogP contribution in [-0.4, -0.2) is 29.7 Å². The van der Waals surface area contributed by atoms with Crippen molar-refractivity contribution in [1.29, 1.82) is 0 Å². The van der Waals surface area contributed by atoms with Gasteiger partial charge >= 0.3 is 12.3 Å². The molecular weight excluding hydrogens is 321 g/mol. The van der Waals surface area contributed by atoms with Gasteiger partial charge in [0.15, 0.2) is 0 Å². The van der Waals surface area contributed by atoms with Crippen LogP contribution >= 0.6 is 0 Å². The number of nitrogens with zero attached hydrogens (tertiary/aromatic N) is 1. The zero-order chi connectivity index (χ0) is 17.9. The number of fused-ring (bicyclic) bond motifs is 3. The summed E-state index contributed by atoms with van der Waals surface area (Å²) in [5.74, 6) is -0.614. The van der Waals surface area contributed by atoms with Gasteiger partial charge in [-0.2, -0.15) is 13.2 Å². The van der Waals surface area contributed by atoms with Crippen molar-refractivity contribution in [3.8, 4) is 0 Å². The molecule has 3 atom stereocenters. The van der Waals surface area contributed by atoms with Gasteiger partial charge in [0.05, 0.1) is 5.56 Å². The highest BCUT2D eigenvalue weighted by Gasteiger charge is 2.50. The van der Waals surface area contributed by atoms with Crippen molar-refractivity contribution < 1.29 is 22.7 Å². The lowest BCUT2D eigenvalue weighted by molar-refractivity contribution is -0.138. The lowest BCUT2D eigenvalue weighted by atomic mass is 9.92. The number of likely N-dealkylation sites (tertiary alicyclic amines) is 1. The summed E-state index contributed by atoms with van der Waals surface area (Å²) in [6, 6.07) is 3.64. The van der Waals surface area contributed by atoms with Gasteiger partial charge in [0, 0.05) is 31.0 Å². The van der Waals surface area contributed by atoms with Crippen LogP contribution in [0, 0.1) is 5.92 Å². The second kappa shape index (κ2) is 5.37. The van der Waals surface area contributed by atoms with Crippen molar-refractivity contribution in [1.82, 2.24) is 4.90 Å². The highest BCUT2D eigenvalue weighted by Crippen LogP contribution is 2.52. The molecule has 2 aliphatic rings. The fourth-order valence-corrected chi connectivity index (χ4v) is 3.74. The first-order chi connectivity index (χ1) is 11.0. The molecule has 0 bridgehead atoms. The lowest BCUT2D eigenvalue weighted by Gasteiger charge is -2.25. The molecule has 24 heavy (non-hydrogen) atoms. The van der Waals surface area contributed by atoms with Gasteiger partial charge in [-0.1, -0.05) is 12.1 Å². The standard InChI is InChI=1S/C17H21F3N2O2/c1-16(2,3)24-15(23)22-7-10-11(8-22)14(21)9-5-4-6-12(13(9)10)17(18,19)20/h4-6,10-11,14H,7-8,21H2,1-3H3/t10-,11+,14-/m1/s1. The van der Waals surface area contributed by atoms with E-state index in [2.05, 4.69) is 0 Å². The molecule has 7 heteroatoms. The molecule has 0 saturated carbocycles. The summed E-state index contributed by atoms with van der Waals surface area (Å²) in [6.45, 7) is 5.78. The number of hydrogen-bond acceptors (Lipinski definition) is 3. The van der Waals surface area contributed by atoms with Gasteiger partial charge in [-0.25, -0.2) is 4.79 Å². The highest BCUT2D eigenvalue weighted by molar-refractivity contribution is 5.69. The topological polar surface area (TPSA) is 55.6 Å². The van der Waals surface area contributed by atoms with E-state index >= 15 is 0 Å². The maximum absolute atomic E-state index is 13.4. The van der Waals surface area contributed by atoms with Crippen molar-refractivity contribution in [2.24, 2.45) is 11.7 Å². The molecule has 3 rings (SSSR count). The minimum atomic E-state index is -4.43. The fraction of sp³-hybridized carbons (Fsp3) is 0.588. The van der Waals surface area contributed by atoms with Crippen LogP contribution in [0.2, 0.25) is 0 Å². The maximum atomic E-state index is 13.4. The van der Waals surface area contributed by atoms with Crippen LogP contribution in [0.5, 0.6) is 0 Å². The van der Waals surface area contributed by atoms with Gasteiger partial charge in [-0.3, -0.25) is 0 Å². The number of hydrogen-bond donors (Lipinski definition) is 1. The molecule has 132 valence electrons. The number of amides is 1. The van der Waals surface area contributed by atoms with Gasteiger partial charge in [0.1, 0.15) is 5.60 Å². The van der Waals surface area contributed by atoms with E-state index in [0.717, 1.165) is 6.07 Å². The third-order valence-corrected chi connectivity index (χ3v) is 4.65. The molecule has 0 spiro atoms. The zero-order valence-electron chi connectivity index (χ0n) is 13.9. The molecule has 2 N–H and O–H groups in total. The minimum absolute atomic E-state index is 0.202. The third kappa shape index (κ3) is 2.85. The summed E-state index contributed by atoms with van der Waals surface area (Å²) >= 11 is 0. The molecule has 0 unspecified atom stereocenters. The smallest absolute Gasteiger partial charge is 0.416 e. The van der Waals surface area contributed by atoms with E-state index in [-0.39, 0.29) is 18.0 Å². The number of benzene rings is 1. The summed E-state index contributed by atoms with van der Waals surface area (Å²) in [5.41, 5.74) is 5.68. The molecule has 0 aromatic heterocycles. The predicted octanol–water partition coefficient (Wildman–Crippen LogP) is 3.67. The van der Waals surface area contributed by atoms with Gasteiger partial charge in [0.25, 0.3) is 0 Å². The summed E-state index contributed by atoms with van der Waals surface area (Å²) in [5, 5.41) is 0. The Morgan fingerprint density at radius 3 is 2.50 bits per heavy atom. The van der Waals surface area contributed by atoms with Gasteiger partial charge in [-0.15, -0.1) is 0 Å². The Morgan fingerprint density at radius 2 is 1.92 bits per heavy atom. The van der Waals surface area contributed by atoms with Crippen molar-refractivity contribution in [2.75, 3.05) is 13.1 Å². The van der Waals surface area contributed by atoms with Crippen LogP contribution in [-0.2, 0) is 10.9 Å². The van der Waals surface area contributed by atoms with E-state index in [9.17, 15) is 18.0 Å². The Balaban J connectivity index is 1.91. The quantitative estimate of drug-likeness (QED) is 0.783. The molecule has 4 nitrogen and oxygen atoms in total. The third-order valence-electron chi connectivity index (χ3n) is 4.65. The van der Waals surface area contributed by atoms with Crippen molar-refractivity contribution in [3.63, 3.8) is 0 Å². The molecule has 1 aromatic rings. The summed E-state index contributed by atoms with van der Waals surface area (Å²) < 4.78 is 45.4. The van der Waals surface area contributed by atoms with E-state index in [4.69, 9.17) is 10.5 Å². The number of alkyl halides is 3. The number of halogens is 3. The molecule has 1 amide bonds. The van der Waals surface area contributed by atoms with Gasteiger partial charge in [0.2, 0.25) is 0 Å². The molecule has 1 aliphatic heterocycles. The zero-order valence-corrected chi connectivity index (χ0v) is 13.9. The summed E-state index contributed by atoms with van der Waals surface area (Å²) in [6.07, 6.45) is -4.94. The van der Waals surface area contributed by atoms with Crippen molar-refractivity contribution >= 4 is 6.09 Å². The Kier molecular flexibility index (Phi) is 3.82. The van der Waals surface area contributed by atoms with Crippen molar-refractivity contribution in [3.05, 3.63) is 34.9 Å². The van der Waals surface area contributed by atoms with Crippen molar-refractivity contribution in [2.45, 2.75) is 44.5 Å². The summed E-state index contributed by atoms with van der Waals surface area (Å²) in [4.78, 5) is 13.7. The van der Waals surface area contributed by atoms with Crippen LogP contribution in [0.25, 0.3) is 0 Å². The van der Waals surface area contributed by atoms with E-state index in [0.29, 0.717) is 12.1 Å². The van der Waals surface area contributed by atoms with Crippen LogP contribution in [0.1, 0.15) is 49.4 Å². The first-order valence-corrected chi connectivity index (χ1v) is 7.92. The molecule has 1 saturated heterocycles. The normalized spacial score (nSPS) is 26.3. The van der Waals surface area contributed by atoms with E-state index in [1.807, 2.05) is 0 Å². The number of rotatable bonds is 0. The predicted molar refractivity (Wildman–Crippen MR) is 82.4 cm³/mol. The SMILES string of the molecule is CC(C)(C)OC(=O)N1C[C@@H]2[C@H](N)c3cccc(C(F)(F)F)c3[C@@H]2C1. The molecule has 1 heterocycles. The second-order valence-corrected chi connectivity index (χ2v) is 7.49. The van der Waals surface area contributed by atoms with Crippen LogP contribution in [0.4, 0.5) is 18.0 Å². The van der Waals surface area contributed by atoms with E-state index in [1.165, 1.54) is 11.0 Å². The molecule has 1 aromatic carbocycles.